The third-order valence-electron chi connectivity index (χ3n) is 3.94. The van der Waals surface area contributed by atoms with E-state index >= 15 is 0 Å². The predicted octanol–water partition coefficient (Wildman–Crippen LogP) is 5.32. The van der Waals surface area contributed by atoms with Crippen molar-refractivity contribution in [3.8, 4) is 11.5 Å². The molecule has 6 nitrogen and oxygen atoms in total. The molecule has 0 saturated heterocycles. The first kappa shape index (κ1) is 20.9. The smallest absolute Gasteiger partial charge is 0.187 e. The van der Waals surface area contributed by atoms with Crippen molar-refractivity contribution >= 4 is 51.7 Å². The highest BCUT2D eigenvalue weighted by atomic mass is 35.5. The molecule has 0 spiro atoms. The molecule has 0 aliphatic carbocycles. The van der Waals surface area contributed by atoms with E-state index in [1.807, 2.05) is 24.3 Å². The summed E-state index contributed by atoms with van der Waals surface area (Å²) in [6, 6.07) is 12.8. The van der Waals surface area contributed by atoms with E-state index in [1.54, 1.807) is 29.7 Å². The molecule has 0 unspecified atom stereocenters. The van der Waals surface area contributed by atoms with Crippen LogP contribution < -0.4 is 20.8 Å². The lowest BCUT2D eigenvalue weighted by Gasteiger charge is -2.10. The minimum atomic E-state index is 0.295. The Balaban J connectivity index is 1.86. The maximum atomic E-state index is 11.7. The predicted molar refractivity (Wildman–Crippen MR) is 118 cm³/mol. The van der Waals surface area contributed by atoms with Crippen LogP contribution in [-0.4, -0.2) is 17.9 Å². The lowest BCUT2D eigenvalue weighted by Crippen LogP contribution is -2.04. The number of nitrogens with one attached hydrogen (secondary N) is 1. The SMILES string of the molecule is CCCOc1ccccc1Nc1nc(/C(C=O)=C/c2cccc(Cl)c2ON)cs1. The van der Waals surface area contributed by atoms with Crippen LogP contribution in [0.2, 0.25) is 5.02 Å². The van der Waals surface area contributed by atoms with Gasteiger partial charge in [0.05, 0.1) is 23.0 Å². The fourth-order valence-electron chi connectivity index (χ4n) is 2.59. The highest BCUT2D eigenvalue weighted by Gasteiger charge is 2.12. The molecule has 3 N–H and O–H groups in total. The van der Waals surface area contributed by atoms with Crippen molar-refractivity contribution in [1.82, 2.24) is 4.98 Å². The van der Waals surface area contributed by atoms with E-state index in [1.165, 1.54) is 11.3 Å². The lowest BCUT2D eigenvalue weighted by molar-refractivity contribution is -0.103. The molecule has 0 fully saturated rings. The Morgan fingerprint density at radius 2 is 2.10 bits per heavy atom. The quantitative estimate of drug-likeness (QED) is 0.272. The number of halogens is 1. The summed E-state index contributed by atoms with van der Waals surface area (Å²) < 4.78 is 5.76. The first-order valence-corrected chi connectivity index (χ1v) is 10.2. The number of carbonyl (C=O) groups excluding carboxylic acids is 1. The molecule has 0 aliphatic rings. The number of aromatic nitrogens is 1. The van der Waals surface area contributed by atoms with E-state index in [0.29, 0.717) is 39.3 Å². The molecule has 3 rings (SSSR count). The number of allylic oxidation sites excluding steroid dienone is 1. The van der Waals surface area contributed by atoms with Gasteiger partial charge in [0.15, 0.2) is 17.2 Å². The van der Waals surface area contributed by atoms with Crippen LogP contribution in [0, 0.1) is 0 Å². The summed E-state index contributed by atoms with van der Waals surface area (Å²) in [4.78, 5) is 21.1. The highest BCUT2D eigenvalue weighted by Crippen LogP contribution is 2.33. The molecule has 0 bridgehead atoms. The van der Waals surface area contributed by atoms with Gasteiger partial charge in [-0.05, 0) is 30.7 Å². The summed E-state index contributed by atoms with van der Waals surface area (Å²) in [5.41, 5.74) is 2.31. The van der Waals surface area contributed by atoms with Crippen molar-refractivity contribution in [3.05, 3.63) is 64.1 Å². The molecule has 150 valence electrons. The average Bonchev–Trinajstić information content (AvgIpc) is 3.19. The molecule has 0 atom stereocenters. The van der Waals surface area contributed by atoms with Gasteiger partial charge in [0.25, 0.3) is 0 Å². The molecule has 3 aromatic rings. The fourth-order valence-corrected chi connectivity index (χ4v) is 3.54. The summed E-state index contributed by atoms with van der Waals surface area (Å²) in [5.74, 6) is 6.36. The molecule has 0 radical (unpaired) electrons. The van der Waals surface area contributed by atoms with Gasteiger partial charge < -0.3 is 14.9 Å². The number of rotatable bonds is 9. The van der Waals surface area contributed by atoms with Crippen LogP contribution in [0.1, 0.15) is 24.6 Å². The van der Waals surface area contributed by atoms with E-state index in [2.05, 4.69) is 17.2 Å². The number of ether oxygens (including phenoxy) is 1. The lowest BCUT2D eigenvalue weighted by atomic mass is 10.1. The van der Waals surface area contributed by atoms with Crippen LogP contribution in [0.15, 0.2) is 47.8 Å². The first-order valence-electron chi connectivity index (χ1n) is 8.93. The zero-order valence-electron chi connectivity index (χ0n) is 15.7. The van der Waals surface area contributed by atoms with Crippen molar-refractivity contribution in [2.24, 2.45) is 5.90 Å². The Bertz CT molecular complexity index is 1020. The second-order valence-corrected chi connectivity index (χ2v) is 7.27. The third-order valence-corrected chi connectivity index (χ3v) is 5.00. The maximum Gasteiger partial charge on any atom is 0.187 e. The largest absolute Gasteiger partial charge is 0.491 e. The van der Waals surface area contributed by atoms with Crippen molar-refractivity contribution in [1.29, 1.82) is 0 Å². The molecule has 0 amide bonds. The minimum Gasteiger partial charge on any atom is -0.491 e. The van der Waals surface area contributed by atoms with Crippen LogP contribution in [0.4, 0.5) is 10.8 Å². The number of anilines is 2. The molecule has 1 aromatic heterocycles. The fraction of sp³-hybridized carbons (Fsp3) is 0.143. The maximum absolute atomic E-state index is 11.7. The standard InChI is InChI=1S/C21H20ClN3O3S/c1-2-10-27-19-9-4-3-8-17(19)24-21-25-18(13-29-21)15(12-26)11-14-6-5-7-16(22)20(14)28-23/h3-9,11-13H,2,10,23H2,1H3,(H,24,25)/b15-11+. The zero-order chi connectivity index (χ0) is 20.6. The summed E-state index contributed by atoms with van der Waals surface area (Å²) in [5, 5.41) is 6.04. The van der Waals surface area contributed by atoms with Crippen molar-refractivity contribution in [2.45, 2.75) is 13.3 Å². The van der Waals surface area contributed by atoms with Crippen molar-refractivity contribution in [3.63, 3.8) is 0 Å². The minimum absolute atomic E-state index is 0.295. The summed E-state index contributed by atoms with van der Waals surface area (Å²) >= 11 is 7.47. The van der Waals surface area contributed by atoms with Crippen LogP contribution in [-0.2, 0) is 4.79 Å². The van der Waals surface area contributed by atoms with Crippen LogP contribution >= 0.6 is 22.9 Å². The summed E-state index contributed by atoms with van der Waals surface area (Å²) in [6.07, 6.45) is 3.29. The molecule has 1 heterocycles. The summed E-state index contributed by atoms with van der Waals surface area (Å²) in [7, 11) is 0. The van der Waals surface area contributed by atoms with Gasteiger partial charge in [-0.25, -0.2) is 4.98 Å². The Labute approximate surface area is 177 Å². The number of benzene rings is 2. The van der Waals surface area contributed by atoms with Crippen LogP contribution in [0.25, 0.3) is 11.6 Å². The van der Waals surface area contributed by atoms with Gasteiger partial charge in [-0.1, -0.05) is 42.8 Å². The molecule has 2 aromatic carbocycles. The molecule has 0 aliphatic heterocycles. The number of aldehydes is 1. The molecular formula is C21H20ClN3O3S. The second kappa shape index (κ2) is 10.1. The first-order chi connectivity index (χ1) is 14.2. The van der Waals surface area contributed by atoms with E-state index < -0.39 is 0 Å². The topological polar surface area (TPSA) is 86.5 Å². The Hall–Kier alpha value is -2.87. The van der Waals surface area contributed by atoms with Gasteiger partial charge in [-0.2, -0.15) is 5.90 Å². The highest BCUT2D eigenvalue weighted by molar-refractivity contribution is 7.13. The number of thiazole rings is 1. The number of para-hydroxylation sites is 3. The van der Waals surface area contributed by atoms with E-state index in [4.69, 9.17) is 27.1 Å². The number of hydrogen-bond acceptors (Lipinski definition) is 7. The number of carbonyl (C=O) groups is 1. The number of hydrogen-bond donors (Lipinski definition) is 2. The van der Waals surface area contributed by atoms with Gasteiger partial charge in [0.2, 0.25) is 0 Å². The second-order valence-electron chi connectivity index (χ2n) is 6.00. The van der Waals surface area contributed by atoms with E-state index in [-0.39, 0.29) is 0 Å². The third kappa shape index (κ3) is 5.14. The van der Waals surface area contributed by atoms with E-state index in [0.717, 1.165) is 24.1 Å². The van der Waals surface area contributed by atoms with Gasteiger partial charge in [-0.3, -0.25) is 4.79 Å². The molecule has 0 saturated carbocycles. The molecule has 29 heavy (non-hydrogen) atoms. The Morgan fingerprint density at radius 3 is 2.86 bits per heavy atom. The normalized spacial score (nSPS) is 11.2. The van der Waals surface area contributed by atoms with E-state index in [9.17, 15) is 4.79 Å². The number of nitrogens with two attached hydrogens (primary N) is 1. The summed E-state index contributed by atoms with van der Waals surface area (Å²) in [6.45, 7) is 2.68. The van der Waals surface area contributed by atoms with Crippen molar-refractivity contribution in [2.75, 3.05) is 11.9 Å². The van der Waals surface area contributed by atoms with Gasteiger partial charge >= 0.3 is 0 Å². The monoisotopic (exact) mass is 429 g/mol. The zero-order valence-corrected chi connectivity index (χ0v) is 17.3. The van der Waals surface area contributed by atoms with Crippen LogP contribution in [0.5, 0.6) is 11.5 Å². The van der Waals surface area contributed by atoms with Crippen LogP contribution in [0.3, 0.4) is 0 Å². The Morgan fingerprint density at radius 1 is 1.28 bits per heavy atom. The molecule has 8 heteroatoms. The number of nitrogens with zero attached hydrogens (tertiary/aromatic N) is 1. The molecular weight excluding hydrogens is 410 g/mol. The van der Waals surface area contributed by atoms with Gasteiger partial charge in [0.1, 0.15) is 5.75 Å². The Kier molecular flexibility index (Phi) is 7.24. The van der Waals surface area contributed by atoms with Gasteiger partial charge in [-0.15, -0.1) is 11.3 Å². The van der Waals surface area contributed by atoms with Crippen molar-refractivity contribution < 1.29 is 14.4 Å². The average molecular weight is 430 g/mol. The van der Waals surface area contributed by atoms with Gasteiger partial charge in [0, 0.05) is 16.5 Å².